The fourth-order valence-corrected chi connectivity index (χ4v) is 1.92. The SMILES string of the molecule is CN(CC(=O)NCC(C)(C)CCCO)C(=O)c1ccco1. The van der Waals surface area contributed by atoms with Gasteiger partial charge in [-0.3, -0.25) is 9.59 Å². The number of hydrogen-bond acceptors (Lipinski definition) is 4. The first-order valence-electron chi connectivity index (χ1n) is 7.02. The summed E-state index contributed by atoms with van der Waals surface area (Å²) in [6.45, 7) is 4.70. The normalized spacial score (nSPS) is 11.2. The van der Waals surface area contributed by atoms with Crippen molar-refractivity contribution in [2.24, 2.45) is 5.41 Å². The number of amides is 2. The third kappa shape index (κ3) is 5.99. The average molecular weight is 296 g/mol. The Balaban J connectivity index is 2.38. The largest absolute Gasteiger partial charge is 0.459 e. The number of nitrogens with zero attached hydrogens (tertiary/aromatic N) is 1. The molecule has 118 valence electrons. The van der Waals surface area contributed by atoms with Crippen molar-refractivity contribution in [2.75, 3.05) is 26.7 Å². The van der Waals surface area contributed by atoms with Crippen molar-refractivity contribution in [1.29, 1.82) is 0 Å². The maximum atomic E-state index is 11.9. The maximum absolute atomic E-state index is 11.9. The van der Waals surface area contributed by atoms with Gasteiger partial charge in [0.15, 0.2) is 5.76 Å². The number of furan rings is 1. The molecule has 1 heterocycles. The molecule has 0 saturated heterocycles. The second kappa shape index (κ2) is 7.83. The van der Waals surface area contributed by atoms with Crippen LogP contribution in [0, 0.1) is 5.41 Å². The highest BCUT2D eigenvalue weighted by Gasteiger charge is 2.20. The first-order valence-corrected chi connectivity index (χ1v) is 7.02. The Morgan fingerprint density at radius 3 is 2.71 bits per heavy atom. The Kier molecular flexibility index (Phi) is 6.42. The third-order valence-corrected chi connectivity index (χ3v) is 3.24. The molecule has 2 N–H and O–H groups in total. The van der Waals surface area contributed by atoms with Gasteiger partial charge in [0, 0.05) is 20.2 Å². The molecule has 1 aromatic heterocycles. The van der Waals surface area contributed by atoms with Gasteiger partial charge in [0.2, 0.25) is 5.91 Å². The van der Waals surface area contributed by atoms with Crippen molar-refractivity contribution in [3.05, 3.63) is 24.2 Å². The lowest BCUT2D eigenvalue weighted by molar-refractivity contribution is -0.122. The quantitative estimate of drug-likeness (QED) is 0.756. The summed E-state index contributed by atoms with van der Waals surface area (Å²) in [5.74, 6) is -0.322. The molecule has 0 spiro atoms. The molecule has 0 fully saturated rings. The van der Waals surface area contributed by atoms with Crippen LogP contribution in [-0.2, 0) is 4.79 Å². The zero-order valence-electron chi connectivity index (χ0n) is 12.9. The fourth-order valence-electron chi connectivity index (χ4n) is 1.92. The first kappa shape index (κ1) is 17.2. The number of carbonyl (C=O) groups excluding carboxylic acids is 2. The number of aliphatic hydroxyl groups is 1. The lowest BCUT2D eigenvalue weighted by Crippen LogP contribution is -2.41. The van der Waals surface area contributed by atoms with Gasteiger partial charge in [-0.15, -0.1) is 0 Å². The van der Waals surface area contributed by atoms with E-state index in [-0.39, 0.29) is 36.1 Å². The van der Waals surface area contributed by atoms with Crippen molar-refractivity contribution in [2.45, 2.75) is 26.7 Å². The second-order valence-electron chi connectivity index (χ2n) is 5.91. The Hall–Kier alpha value is -1.82. The van der Waals surface area contributed by atoms with Gasteiger partial charge in [0.05, 0.1) is 12.8 Å². The highest BCUT2D eigenvalue weighted by molar-refractivity contribution is 5.94. The standard InChI is InChI=1S/C15H24N2O4/c1-15(2,7-5-8-18)11-16-13(19)10-17(3)14(20)12-6-4-9-21-12/h4,6,9,18H,5,7-8,10-11H2,1-3H3,(H,16,19). The number of hydrogen-bond donors (Lipinski definition) is 2. The van der Waals surface area contributed by atoms with Gasteiger partial charge in [-0.1, -0.05) is 13.8 Å². The minimum atomic E-state index is -0.324. The van der Waals surface area contributed by atoms with E-state index in [1.54, 1.807) is 19.2 Å². The molecule has 0 aliphatic carbocycles. The van der Waals surface area contributed by atoms with E-state index in [2.05, 4.69) is 5.32 Å². The molecule has 1 aromatic rings. The third-order valence-electron chi connectivity index (χ3n) is 3.24. The molecule has 6 nitrogen and oxygen atoms in total. The summed E-state index contributed by atoms with van der Waals surface area (Å²) in [4.78, 5) is 25.1. The van der Waals surface area contributed by atoms with Crippen molar-refractivity contribution in [3.63, 3.8) is 0 Å². The summed E-state index contributed by atoms with van der Waals surface area (Å²) in [7, 11) is 1.56. The van der Waals surface area contributed by atoms with Crippen LogP contribution in [0.25, 0.3) is 0 Å². The number of rotatable bonds is 8. The Bertz CT molecular complexity index is 454. The molecule has 0 aliphatic rings. The van der Waals surface area contributed by atoms with Crippen molar-refractivity contribution < 1.29 is 19.1 Å². The lowest BCUT2D eigenvalue weighted by atomic mass is 9.88. The van der Waals surface area contributed by atoms with Crippen LogP contribution in [0.15, 0.2) is 22.8 Å². The summed E-state index contributed by atoms with van der Waals surface area (Å²) >= 11 is 0. The van der Waals surface area contributed by atoms with Crippen LogP contribution in [-0.4, -0.2) is 48.6 Å². The molecular formula is C15H24N2O4. The van der Waals surface area contributed by atoms with Gasteiger partial charge >= 0.3 is 0 Å². The van der Waals surface area contributed by atoms with E-state index in [1.165, 1.54) is 11.2 Å². The molecule has 0 unspecified atom stereocenters. The molecule has 21 heavy (non-hydrogen) atoms. The molecule has 0 atom stereocenters. The molecule has 1 rings (SSSR count). The van der Waals surface area contributed by atoms with E-state index in [4.69, 9.17) is 9.52 Å². The first-order chi connectivity index (χ1) is 9.85. The van der Waals surface area contributed by atoms with Crippen LogP contribution in [0.1, 0.15) is 37.2 Å². The number of aliphatic hydroxyl groups excluding tert-OH is 1. The molecular weight excluding hydrogens is 272 g/mol. The van der Waals surface area contributed by atoms with E-state index < -0.39 is 0 Å². The Morgan fingerprint density at radius 1 is 1.43 bits per heavy atom. The summed E-state index contributed by atoms with van der Waals surface area (Å²) in [6.07, 6.45) is 2.95. The van der Waals surface area contributed by atoms with Crippen LogP contribution in [0.2, 0.25) is 0 Å². The van der Waals surface area contributed by atoms with E-state index >= 15 is 0 Å². The highest BCUT2D eigenvalue weighted by Crippen LogP contribution is 2.20. The molecule has 0 saturated carbocycles. The minimum absolute atomic E-state index is 0.0182. The average Bonchev–Trinajstić information content (AvgIpc) is 2.96. The van der Waals surface area contributed by atoms with Crippen LogP contribution < -0.4 is 5.32 Å². The van der Waals surface area contributed by atoms with E-state index in [0.29, 0.717) is 13.0 Å². The molecule has 0 radical (unpaired) electrons. The highest BCUT2D eigenvalue weighted by atomic mass is 16.3. The van der Waals surface area contributed by atoms with Crippen LogP contribution >= 0.6 is 0 Å². The number of likely N-dealkylation sites (N-methyl/N-ethyl adjacent to an activating group) is 1. The predicted octanol–water partition coefficient (Wildman–Crippen LogP) is 1.27. The topological polar surface area (TPSA) is 82.8 Å². The predicted molar refractivity (Wildman–Crippen MR) is 78.8 cm³/mol. The molecule has 0 bridgehead atoms. The smallest absolute Gasteiger partial charge is 0.289 e. The van der Waals surface area contributed by atoms with Crippen molar-refractivity contribution in [3.8, 4) is 0 Å². The van der Waals surface area contributed by atoms with Crippen molar-refractivity contribution in [1.82, 2.24) is 10.2 Å². The van der Waals surface area contributed by atoms with Crippen molar-refractivity contribution >= 4 is 11.8 Å². The van der Waals surface area contributed by atoms with Gasteiger partial charge in [0.1, 0.15) is 0 Å². The summed E-state index contributed by atoms with van der Waals surface area (Å²) < 4.78 is 5.01. The summed E-state index contributed by atoms with van der Waals surface area (Å²) in [5, 5.41) is 11.7. The molecule has 0 aliphatic heterocycles. The monoisotopic (exact) mass is 296 g/mol. The Morgan fingerprint density at radius 2 is 2.14 bits per heavy atom. The van der Waals surface area contributed by atoms with Gasteiger partial charge in [-0.05, 0) is 30.4 Å². The van der Waals surface area contributed by atoms with Gasteiger partial charge < -0.3 is 19.7 Å². The second-order valence-corrected chi connectivity index (χ2v) is 5.91. The fraction of sp³-hybridized carbons (Fsp3) is 0.600. The van der Waals surface area contributed by atoms with E-state index in [1.807, 2.05) is 13.8 Å². The summed E-state index contributed by atoms with van der Waals surface area (Å²) in [5.41, 5.74) is -0.0814. The molecule has 0 aromatic carbocycles. The number of carbonyl (C=O) groups is 2. The van der Waals surface area contributed by atoms with Gasteiger partial charge in [-0.2, -0.15) is 0 Å². The number of nitrogens with one attached hydrogen (secondary N) is 1. The molecule has 2 amide bonds. The van der Waals surface area contributed by atoms with Gasteiger partial charge in [0.25, 0.3) is 5.91 Å². The minimum Gasteiger partial charge on any atom is -0.459 e. The van der Waals surface area contributed by atoms with Gasteiger partial charge in [-0.25, -0.2) is 0 Å². The van der Waals surface area contributed by atoms with E-state index in [0.717, 1.165) is 6.42 Å². The molecule has 6 heteroatoms. The Labute approximate surface area is 125 Å². The van der Waals surface area contributed by atoms with Crippen LogP contribution in [0.5, 0.6) is 0 Å². The summed E-state index contributed by atoms with van der Waals surface area (Å²) in [6, 6.07) is 3.19. The van der Waals surface area contributed by atoms with Crippen LogP contribution in [0.3, 0.4) is 0 Å². The zero-order valence-corrected chi connectivity index (χ0v) is 12.9. The van der Waals surface area contributed by atoms with E-state index in [9.17, 15) is 9.59 Å². The maximum Gasteiger partial charge on any atom is 0.289 e. The lowest BCUT2D eigenvalue weighted by Gasteiger charge is -2.25. The van der Waals surface area contributed by atoms with Crippen LogP contribution in [0.4, 0.5) is 0 Å². The zero-order chi connectivity index (χ0) is 15.9.